The Labute approximate surface area is 116 Å². The van der Waals surface area contributed by atoms with E-state index in [9.17, 15) is 0 Å². The maximum atomic E-state index is 6.13. The zero-order chi connectivity index (χ0) is 13.5. The Bertz CT molecular complexity index is 368. The third kappa shape index (κ3) is 4.14. The molecule has 1 unspecified atom stereocenters. The number of hydrogen-bond donors (Lipinski definition) is 1. The molecular weight excluding hydrogens is 246 g/mol. The van der Waals surface area contributed by atoms with Crippen molar-refractivity contribution < 1.29 is 0 Å². The summed E-state index contributed by atoms with van der Waals surface area (Å²) in [7, 11) is 1.92. The lowest BCUT2D eigenvalue weighted by molar-refractivity contribution is 0.545. The molecule has 0 spiro atoms. The number of halogens is 1. The molecule has 1 N–H and O–H groups in total. The summed E-state index contributed by atoms with van der Waals surface area (Å²) in [6, 6.07) is 2.09. The summed E-state index contributed by atoms with van der Waals surface area (Å²) in [5, 5.41) is 3.86. The van der Waals surface area contributed by atoms with Gasteiger partial charge in [0, 0.05) is 25.8 Å². The fraction of sp³-hybridized carbons (Fsp3) is 0.643. The third-order valence-electron chi connectivity index (χ3n) is 3.22. The average molecular weight is 270 g/mol. The van der Waals surface area contributed by atoms with E-state index in [2.05, 4.69) is 42.0 Å². The van der Waals surface area contributed by atoms with Gasteiger partial charge in [-0.2, -0.15) is 0 Å². The molecule has 1 heterocycles. The number of hydrogen-bond acceptors (Lipinski definition) is 3. The van der Waals surface area contributed by atoms with Gasteiger partial charge >= 0.3 is 0 Å². The highest BCUT2D eigenvalue weighted by Crippen LogP contribution is 2.21. The number of rotatable bonds is 7. The van der Waals surface area contributed by atoms with Crippen molar-refractivity contribution in [1.29, 1.82) is 0 Å². The van der Waals surface area contributed by atoms with Crippen LogP contribution in [0.1, 0.15) is 32.8 Å². The second kappa shape index (κ2) is 7.59. The summed E-state index contributed by atoms with van der Waals surface area (Å²) in [5.41, 5.74) is 1.10. The quantitative estimate of drug-likeness (QED) is 0.823. The van der Waals surface area contributed by atoms with Gasteiger partial charge in [0.1, 0.15) is 5.82 Å². The van der Waals surface area contributed by atoms with Gasteiger partial charge in [0.2, 0.25) is 0 Å². The second-order valence-corrected chi connectivity index (χ2v) is 5.12. The summed E-state index contributed by atoms with van der Waals surface area (Å²) < 4.78 is 0. The highest BCUT2D eigenvalue weighted by Gasteiger charge is 2.11. The van der Waals surface area contributed by atoms with Crippen molar-refractivity contribution in [1.82, 2.24) is 10.3 Å². The van der Waals surface area contributed by atoms with Crippen molar-refractivity contribution in [3.05, 3.63) is 22.8 Å². The lowest BCUT2D eigenvalue weighted by Gasteiger charge is -2.25. The van der Waals surface area contributed by atoms with E-state index in [4.69, 9.17) is 11.6 Å². The Kier molecular flexibility index (Phi) is 6.44. The molecule has 1 aromatic rings. The molecule has 0 aliphatic rings. The van der Waals surface area contributed by atoms with Crippen molar-refractivity contribution in [2.24, 2.45) is 5.92 Å². The van der Waals surface area contributed by atoms with E-state index in [-0.39, 0.29) is 0 Å². The summed E-state index contributed by atoms with van der Waals surface area (Å²) in [5.74, 6) is 1.70. The first-order chi connectivity index (χ1) is 8.62. The number of nitrogens with zero attached hydrogens (tertiary/aromatic N) is 2. The fourth-order valence-corrected chi connectivity index (χ4v) is 2.03. The predicted octanol–water partition coefficient (Wildman–Crippen LogP) is 3.33. The van der Waals surface area contributed by atoms with Gasteiger partial charge in [-0.3, -0.25) is 0 Å². The molecule has 0 aromatic carbocycles. The van der Waals surface area contributed by atoms with E-state index >= 15 is 0 Å². The largest absolute Gasteiger partial charge is 0.357 e. The van der Waals surface area contributed by atoms with E-state index in [0.29, 0.717) is 5.92 Å². The van der Waals surface area contributed by atoms with Crippen LogP contribution >= 0.6 is 11.6 Å². The minimum Gasteiger partial charge on any atom is -0.357 e. The molecule has 4 heteroatoms. The van der Waals surface area contributed by atoms with Gasteiger partial charge in [-0.1, -0.05) is 31.9 Å². The van der Waals surface area contributed by atoms with Gasteiger partial charge in [-0.25, -0.2) is 4.98 Å². The summed E-state index contributed by atoms with van der Waals surface area (Å²) >= 11 is 6.13. The lowest BCUT2D eigenvalue weighted by atomic mass is 10.1. The van der Waals surface area contributed by atoms with Crippen LogP contribution in [-0.2, 0) is 6.54 Å². The normalized spacial score (nSPS) is 12.5. The highest BCUT2D eigenvalue weighted by molar-refractivity contribution is 6.31. The number of aromatic nitrogens is 1. The van der Waals surface area contributed by atoms with E-state index in [1.807, 2.05) is 7.05 Å². The predicted molar refractivity (Wildman–Crippen MR) is 79.4 cm³/mol. The Morgan fingerprint density at radius 3 is 2.72 bits per heavy atom. The first-order valence-electron chi connectivity index (χ1n) is 6.66. The maximum absolute atomic E-state index is 6.13. The maximum Gasteiger partial charge on any atom is 0.128 e. The van der Waals surface area contributed by atoms with Crippen LogP contribution in [-0.4, -0.2) is 25.1 Å². The molecule has 1 atom stereocenters. The Morgan fingerprint density at radius 2 is 2.17 bits per heavy atom. The average Bonchev–Trinajstić information content (AvgIpc) is 2.38. The molecule has 0 radical (unpaired) electrons. The first-order valence-corrected chi connectivity index (χ1v) is 7.04. The molecule has 0 fully saturated rings. The standard InChI is InChI=1S/C14H24ClN3/c1-5-11(3)10-18(6-2)14-7-12(8-16-4)13(15)9-17-14/h7,9,11,16H,5-6,8,10H2,1-4H3. The highest BCUT2D eigenvalue weighted by atomic mass is 35.5. The molecule has 102 valence electrons. The molecular formula is C14H24ClN3. The van der Waals surface area contributed by atoms with Crippen molar-refractivity contribution in [3.8, 4) is 0 Å². The van der Waals surface area contributed by atoms with Crippen LogP contribution in [0.4, 0.5) is 5.82 Å². The zero-order valence-electron chi connectivity index (χ0n) is 11.8. The van der Waals surface area contributed by atoms with E-state index < -0.39 is 0 Å². The van der Waals surface area contributed by atoms with Crippen LogP contribution in [0.25, 0.3) is 0 Å². The SMILES string of the molecule is CCC(C)CN(CC)c1cc(CNC)c(Cl)cn1. The summed E-state index contributed by atoms with van der Waals surface area (Å²) in [6.45, 7) is 9.44. The Hall–Kier alpha value is -0.800. The monoisotopic (exact) mass is 269 g/mol. The van der Waals surface area contributed by atoms with Crippen LogP contribution in [0.3, 0.4) is 0 Å². The van der Waals surface area contributed by atoms with Crippen molar-refractivity contribution in [3.63, 3.8) is 0 Å². The molecule has 0 amide bonds. The first kappa shape index (κ1) is 15.3. The zero-order valence-corrected chi connectivity index (χ0v) is 12.6. The second-order valence-electron chi connectivity index (χ2n) is 4.72. The molecule has 0 aliphatic carbocycles. The summed E-state index contributed by atoms with van der Waals surface area (Å²) in [4.78, 5) is 6.76. The smallest absolute Gasteiger partial charge is 0.128 e. The van der Waals surface area contributed by atoms with Crippen LogP contribution in [0.2, 0.25) is 5.02 Å². The van der Waals surface area contributed by atoms with Gasteiger partial charge in [0.15, 0.2) is 0 Å². The minimum absolute atomic E-state index is 0.676. The van der Waals surface area contributed by atoms with Crippen molar-refractivity contribution in [2.75, 3.05) is 25.0 Å². The molecule has 1 rings (SSSR count). The van der Waals surface area contributed by atoms with Gasteiger partial charge in [-0.15, -0.1) is 0 Å². The number of anilines is 1. The summed E-state index contributed by atoms with van der Waals surface area (Å²) in [6.07, 6.45) is 2.94. The molecule has 3 nitrogen and oxygen atoms in total. The lowest BCUT2D eigenvalue weighted by Crippen LogP contribution is -2.29. The number of nitrogens with one attached hydrogen (secondary N) is 1. The van der Waals surface area contributed by atoms with Crippen LogP contribution in [0.5, 0.6) is 0 Å². The van der Waals surface area contributed by atoms with Gasteiger partial charge in [0.25, 0.3) is 0 Å². The Morgan fingerprint density at radius 1 is 1.44 bits per heavy atom. The molecule has 0 bridgehead atoms. The van der Waals surface area contributed by atoms with Crippen molar-refractivity contribution >= 4 is 17.4 Å². The van der Waals surface area contributed by atoms with Gasteiger partial charge in [0.05, 0.1) is 5.02 Å². The van der Waals surface area contributed by atoms with Gasteiger partial charge in [-0.05, 0) is 31.5 Å². The van der Waals surface area contributed by atoms with Crippen LogP contribution < -0.4 is 10.2 Å². The molecule has 0 aliphatic heterocycles. The van der Waals surface area contributed by atoms with E-state index in [0.717, 1.165) is 36.0 Å². The Balaban J connectivity index is 2.88. The van der Waals surface area contributed by atoms with Gasteiger partial charge < -0.3 is 10.2 Å². The van der Waals surface area contributed by atoms with Crippen LogP contribution in [0, 0.1) is 5.92 Å². The molecule has 0 saturated heterocycles. The third-order valence-corrected chi connectivity index (χ3v) is 3.56. The van der Waals surface area contributed by atoms with Crippen LogP contribution in [0.15, 0.2) is 12.3 Å². The van der Waals surface area contributed by atoms with Crippen molar-refractivity contribution in [2.45, 2.75) is 33.7 Å². The minimum atomic E-state index is 0.676. The molecule has 18 heavy (non-hydrogen) atoms. The molecule has 1 aromatic heterocycles. The fourth-order valence-electron chi connectivity index (χ4n) is 1.86. The number of pyridine rings is 1. The molecule has 0 saturated carbocycles. The van der Waals surface area contributed by atoms with E-state index in [1.165, 1.54) is 6.42 Å². The topological polar surface area (TPSA) is 28.2 Å². The van der Waals surface area contributed by atoms with E-state index in [1.54, 1.807) is 6.20 Å².